The minimum absolute atomic E-state index is 0.0322. The van der Waals surface area contributed by atoms with Crippen LogP contribution in [0.4, 0.5) is 5.69 Å². The largest absolute Gasteiger partial charge is 0.453 e. The van der Waals surface area contributed by atoms with E-state index in [2.05, 4.69) is 31.1 Å². The molecule has 3 aromatic rings. The van der Waals surface area contributed by atoms with Gasteiger partial charge < -0.3 is 14.6 Å². The van der Waals surface area contributed by atoms with Gasteiger partial charge in [0, 0.05) is 18.7 Å². The van der Waals surface area contributed by atoms with Crippen LogP contribution in [0.5, 0.6) is 0 Å². The number of aryl methyl sites for hydroxylation is 2. The van der Waals surface area contributed by atoms with E-state index in [-0.39, 0.29) is 18.4 Å². The van der Waals surface area contributed by atoms with Crippen LogP contribution in [0.25, 0.3) is 11.0 Å². The lowest BCUT2D eigenvalue weighted by molar-refractivity contribution is -0.153. The highest BCUT2D eigenvalue weighted by molar-refractivity contribution is 5.95. The molecule has 3 rings (SSSR count). The van der Waals surface area contributed by atoms with Crippen molar-refractivity contribution < 1.29 is 14.3 Å². The minimum atomic E-state index is -0.956. The Morgan fingerprint density at radius 3 is 2.46 bits per heavy atom. The van der Waals surface area contributed by atoms with Crippen LogP contribution in [0.1, 0.15) is 70.6 Å². The molecule has 2 atom stereocenters. The van der Waals surface area contributed by atoms with Gasteiger partial charge in [-0.15, -0.1) is 0 Å². The Morgan fingerprint density at radius 2 is 1.77 bits per heavy atom. The Kier molecular flexibility index (Phi) is 9.18. The second-order valence-corrected chi connectivity index (χ2v) is 8.91. The number of aromatic nitrogens is 2. The maximum Gasteiger partial charge on any atom is 0.306 e. The molecule has 0 spiro atoms. The van der Waals surface area contributed by atoms with E-state index in [0.29, 0.717) is 23.8 Å². The lowest BCUT2D eigenvalue weighted by Gasteiger charge is -2.15. The van der Waals surface area contributed by atoms with Crippen molar-refractivity contribution in [2.75, 3.05) is 5.32 Å². The van der Waals surface area contributed by atoms with E-state index < -0.39 is 18.0 Å². The first kappa shape index (κ1) is 26.1. The number of hydrogen-bond donors (Lipinski definition) is 1. The zero-order valence-electron chi connectivity index (χ0n) is 21.0. The van der Waals surface area contributed by atoms with Gasteiger partial charge in [0.15, 0.2) is 6.10 Å². The van der Waals surface area contributed by atoms with E-state index in [0.717, 1.165) is 30.3 Å². The average molecular weight is 478 g/mol. The maximum atomic E-state index is 13.0. The van der Waals surface area contributed by atoms with Crippen molar-refractivity contribution in [3.05, 3.63) is 70.1 Å². The summed E-state index contributed by atoms with van der Waals surface area (Å²) in [6.45, 7) is 8.50. The summed E-state index contributed by atoms with van der Waals surface area (Å²) in [5.74, 6) is -0.498. The number of carbonyl (C=O) groups is 2. The summed E-state index contributed by atoms with van der Waals surface area (Å²) < 4.78 is 7.05. The molecule has 0 bridgehead atoms. The molecule has 0 aliphatic rings. The molecule has 1 N–H and O–H groups in total. The number of fused-ring (bicyclic) bond motifs is 1. The number of esters is 1. The van der Waals surface area contributed by atoms with Crippen LogP contribution in [0, 0.1) is 0 Å². The predicted octanol–water partition coefficient (Wildman–Crippen LogP) is 5.21. The van der Waals surface area contributed by atoms with Gasteiger partial charge in [-0.1, -0.05) is 51.5 Å². The van der Waals surface area contributed by atoms with E-state index >= 15 is 0 Å². The van der Waals surface area contributed by atoms with Gasteiger partial charge in [0.05, 0.1) is 17.5 Å². The SMILES string of the molecule is CCCCn1c(=O)c(CCC(=O)O[C@H](C)C(=O)Nc2ccc([C@H](C)CC)cc2)nc2ccccc21. The molecule has 1 amide bonds. The van der Waals surface area contributed by atoms with Crippen molar-refractivity contribution >= 4 is 28.6 Å². The summed E-state index contributed by atoms with van der Waals surface area (Å²) in [5.41, 5.74) is 3.52. The second-order valence-electron chi connectivity index (χ2n) is 8.91. The van der Waals surface area contributed by atoms with E-state index in [1.54, 1.807) is 4.57 Å². The number of nitrogens with zero attached hydrogens (tertiary/aromatic N) is 2. The number of amides is 1. The van der Waals surface area contributed by atoms with Crippen LogP contribution in [0.15, 0.2) is 53.3 Å². The van der Waals surface area contributed by atoms with Crippen molar-refractivity contribution in [1.29, 1.82) is 0 Å². The number of unbranched alkanes of at least 4 members (excludes halogenated alkanes) is 1. The molecule has 0 saturated carbocycles. The highest BCUT2D eigenvalue weighted by Crippen LogP contribution is 2.20. The standard InChI is InChI=1S/C28H35N3O4/c1-5-7-18-31-25-11-9-8-10-23(25)30-24(28(31)34)16-17-26(32)35-20(4)27(33)29-22-14-12-21(13-15-22)19(3)6-2/h8-15,19-20H,5-7,16-18H2,1-4H3,(H,29,33)/t19-,20-/m1/s1. The first-order valence-corrected chi connectivity index (χ1v) is 12.4. The fraction of sp³-hybridized carbons (Fsp3) is 0.429. The average Bonchev–Trinajstić information content (AvgIpc) is 2.87. The van der Waals surface area contributed by atoms with Crippen molar-refractivity contribution in [1.82, 2.24) is 9.55 Å². The molecule has 1 aromatic heterocycles. The van der Waals surface area contributed by atoms with Crippen molar-refractivity contribution in [3.8, 4) is 0 Å². The molecule has 7 heteroatoms. The monoisotopic (exact) mass is 477 g/mol. The summed E-state index contributed by atoms with van der Waals surface area (Å²) in [4.78, 5) is 42.4. The molecular formula is C28H35N3O4. The Morgan fingerprint density at radius 1 is 1.06 bits per heavy atom. The number of rotatable bonds is 11. The van der Waals surface area contributed by atoms with Gasteiger partial charge in [0.25, 0.3) is 11.5 Å². The Hall–Kier alpha value is -3.48. The van der Waals surface area contributed by atoms with Crippen molar-refractivity contribution in [2.45, 2.75) is 78.4 Å². The molecule has 0 radical (unpaired) electrons. The molecule has 186 valence electrons. The van der Waals surface area contributed by atoms with E-state index in [9.17, 15) is 14.4 Å². The van der Waals surface area contributed by atoms with Gasteiger partial charge in [0.1, 0.15) is 5.69 Å². The maximum absolute atomic E-state index is 13.0. The third-order valence-corrected chi connectivity index (χ3v) is 6.26. The fourth-order valence-corrected chi connectivity index (χ4v) is 3.85. The number of benzene rings is 2. The van der Waals surface area contributed by atoms with Crippen LogP contribution in [0.3, 0.4) is 0 Å². The molecule has 0 unspecified atom stereocenters. The van der Waals surface area contributed by atoms with Gasteiger partial charge in [-0.2, -0.15) is 0 Å². The zero-order valence-corrected chi connectivity index (χ0v) is 21.0. The smallest absolute Gasteiger partial charge is 0.306 e. The summed E-state index contributed by atoms with van der Waals surface area (Å²) >= 11 is 0. The molecule has 35 heavy (non-hydrogen) atoms. The summed E-state index contributed by atoms with van der Waals surface area (Å²) in [6, 6.07) is 15.2. The normalized spacial score (nSPS) is 12.8. The van der Waals surface area contributed by atoms with Gasteiger partial charge in [0.2, 0.25) is 0 Å². The zero-order chi connectivity index (χ0) is 25.4. The molecular weight excluding hydrogens is 442 g/mol. The minimum Gasteiger partial charge on any atom is -0.453 e. The fourth-order valence-electron chi connectivity index (χ4n) is 3.85. The Labute approximate surface area is 206 Å². The molecule has 0 fully saturated rings. The van der Waals surface area contributed by atoms with E-state index in [4.69, 9.17) is 4.74 Å². The first-order valence-electron chi connectivity index (χ1n) is 12.4. The Bertz CT molecular complexity index is 1220. The number of nitrogens with one attached hydrogen (secondary N) is 1. The van der Waals surface area contributed by atoms with Crippen LogP contribution in [-0.4, -0.2) is 27.5 Å². The summed E-state index contributed by atoms with van der Waals surface area (Å²) in [5, 5.41) is 2.78. The van der Waals surface area contributed by atoms with Gasteiger partial charge in [-0.3, -0.25) is 14.4 Å². The van der Waals surface area contributed by atoms with Crippen molar-refractivity contribution in [3.63, 3.8) is 0 Å². The molecule has 0 aliphatic carbocycles. The third kappa shape index (κ3) is 6.78. The van der Waals surface area contributed by atoms with Gasteiger partial charge in [-0.05, 0) is 55.5 Å². The molecule has 1 heterocycles. The van der Waals surface area contributed by atoms with E-state index in [1.165, 1.54) is 12.5 Å². The van der Waals surface area contributed by atoms with Crippen LogP contribution >= 0.6 is 0 Å². The van der Waals surface area contributed by atoms with Crippen molar-refractivity contribution in [2.24, 2.45) is 0 Å². The predicted molar refractivity (Wildman–Crippen MR) is 139 cm³/mol. The van der Waals surface area contributed by atoms with Crippen LogP contribution in [-0.2, 0) is 27.3 Å². The third-order valence-electron chi connectivity index (χ3n) is 6.26. The first-order chi connectivity index (χ1) is 16.8. The van der Waals surface area contributed by atoms with E-state index in [1.807, 2.05) is 48.5 Å². The molecule has 7 nitrogen and oxygen atoms in total. The number of carbonyl (C=O) groups excluding carboxylic acids is 2. The lowest BCUT2D eigenvalue weighted by Crippen LogP contribution is -2.30. The number of para-hydroxylation sites is 2. The number of hydrogen-bond acceptors (Lipinski definition) is 5. The Balaban J connectivity index is 1.60. The van der Waals surface area contributed by atoms with Gasteiger partial charge in [-0.25, -0.2) is 4.98 Å². The topological polar surface area (TPSA) is 90.3 Å². The number of ether oxygens (including phenoxy) is 1. The quantitative estimate of drug-likeness (QED) is 0.383. The highest BCUT2D eigenvalue weighted by Gasteiger charge is 2.19. The van der Waals surface area contributed by atoms with Crippen LogP contribution in [0.2, 0.25) is 0 Å². The molecule has 2 aromatic carbocycles. The van der Waals surface area contributed by atoms with Gasteiger partial charge >= 0.3 is 5.97 Å². The lowest BCUT2D eigenvalue weighted by atomic mass is 9.99. The number of anilines is 1. The second kappa shape index (κ2) is 12.3. The summed E-state index contributed by atoms with van der Waals surface area (Å²) in [7, 11) is 0. The summed E-state index contributed by atoms with van der Waals surface area (Å²) in [6.07, 6.45) is 2.05. The molecule has 0 saturated heterocycles. The van der Waals surface area contributed by atoms with Crippen LogP contribution < -0.4 is 10.9 Å². The molecule has 0 aliphatic heterocycles. The highest BCUT2D eigenvalue weighted by atomic mass is 16.5.